The molecule has 1 heterocycles. The molecule has 1 saturated heterocycles. The summed E-state index contributed by atoms with van der Waals surface area (Å²) in [5.74, 6) is 0.711. The number of aliphatic hydroxyl groups is 1. The minimum absolute atomic E-state index is 0.0254. The van der Waals surface area contributed by atoms with Gasteiger partial charge in [-0.1, -0.05) is 0 Å². The van der Waals surface area contributed by atoms with E-state index in [1.807, 2.05) is 0 Å². The van der Waals surface area contributed by atoms with Crippen molar-refractivity contribution >= 4 is 0 Å². The van der Waals surface area contributed by atoms with Crippen LogP contribution in [0.4, 0.5) is 0 Å². The van der Waals surface area contributed by atoms with Crippen molar-refractivity contribution in [1.29, 1.82) is 0 Å². The van der Waals surface area contributed by atoms with Gasteiger partial charge in [-0.15, -0.1) is 0 Å². The van der Waals surface area contributed by atoms with Crippen LogP contribution in [0.5, 0.6) is 0 Å². The van der Waals surface area contributed by atoms with Crippen molar-refractivity contribution in [3.05, 3.63) is 0 Å². The molecule has 3 heteroatoms. The molecule has 1 saturated carbocycles. The maximum atomic E-state index is 9.47. The Morgan fingerprint density at radius 2 is 2.12 bits per heavy atom. The third-order valence-corrected chi connectivity index (χ3v) is 4.16. The molecule has 0 aromatic carbocycles. The van der Waals surface area contributed by atoms with Gasteiger partial charge >= 0.3 is 0 Å². The molecule has 1 aliphatic carbocycles. The smallest absolute Gasteiger partial charge is 0.0543 e. The van der Waals surface area contributed by atoms with Crippen LogP contribution in [0.15, 0.2) is 0 Å². The van der Waals surface area contributed by atoms with Gasteiger partial charge in [-0.25, -0.2) is 0 Å². The standard InChI is InChI=1S/C13H26N2O/c1-10(2)15-6-5-12(9-15)14-8-11-3-4-13(16)7-11/h10-14,16H,3-9H2,1-2H3. The van der Waals surface area contributed by atoms with E-state index in [1.54, 1.807) is 0 Å². The van der Waals surface area contributed by atoms with Crippen LogP contribution in [0.2, 0.25) is 0 Å². The van der Waals surface area contributed by atoms with Crippen molar-refractivity contribution in [3.8, 4) is 0 Å². The molecule has 0 amide bonds. The zero-order valence-corrected chi connectivity index (χ0v) is 10.7. The van der Waals surface area contributed by atoms with Crippen LogP contribution in [0.25, 0.3) is 0 Å². The average molecular weight is 226 g/mol. The molecule has 3 atom stereocenters. The highest BCUT2D eigenvalue weighted by molar-refractivity contribution is 4.84. The molecule has 2 fully saturated rings. The Bertz CT molecular complexity index is 220. The van der Waals surface area contributed by atoms with Gasteiger partial charge in [0.25, 0.3) is 0 Å². The number of nitrogens with zero attached hydrogens (tertiary/aromatic N) is 1. The lowest BCUT2D eigenvalue weighted by atomic mass is 10.1. The van der Waals surface area contributed by atoms with Gasteiger partial charge in [0.15, 0.2) is 0 Å². The summed E-state index contributed by atoms with van der Waals surface area (Å²) in [6.07, 6.45) is 4.48. The van der Waals surface area contributed by atoms with Crippen LogP contribution in [-0.4, -0.2) is 47.8 Å². The van der Waals surface area contributed by atoms with Gasteiger partial charge in [-0.3, -0.25) is 4.90 Å². The number of rotatable bonds is 4. The third-order valence-electron chi connectivity index (χ3n) is 4.16. The van der Waals surface area contributed by atoms with Gasteiger partial charge in [0.1, 0.15) is 0 Å². The first-order valence-electron chi connectivity index (χ1n) is 6.80. The maximum Gasteiger partial charge on any atom is 0.0543 e. The molecule has 0 radical (unpaired) electrons. The molecule has 2 rings (SSSR count). The molecular weight excluding hydrogens is 200 g/mol. The molecule has 3 unspecified atom stereocenters. The Labute approximate surface area is 99.2 Å². The average Bonchev–Trinajstić information content (AvgIpc) is 2.83. The monoisotopic (exact) mass is 226 g/mol. The highest BCUT2D eigenvalue weighted by Crippen LogP contribution is 2.25. The van der Waals surface area contributed by atoms with Crippen molar-refractivity contribution in [2.75, 3.05) is 19.6 Å². The molecule has 0 bridgehead atoms. The summed E-state index contributed by atoms with van der Waals surface area (Å²) >= 11 is 0. The number of hydrogen-bond acceptors (Lipinski definition) is 3. The Balaban J connectivity index is 1.64. The normalized spacial score (nSPS) is 36.4. The molecule has 0 aromatic rings. The lowest BCUT2D eigenvalue weighted by Gasteiger charge is -2.21. The zero-order chi connectivity index (χ0) is 11.5. The number of aliphatic hydroxyl groups excluding tert-OH is 1. The second-order valence-corrected chi connectivity index (χ2v) is 5.82. The fraction of sp³-hybridized carbons (Fsp3) is 1.00. The van der Waals surface area contributed by atoms with Crippen molar-refractivity contribution < 1.29 is 5.11 Å². The first-order valence-corrected chi connectivity index (χ1v) is 6.80. The van der Waals surface area contributed by atoms with Crippen LogP contribution in [0.1, 0.15) is 39.5 Å². The summed E-state index contributed by atoms with van der Waals surface area (Å²) < 4.78 is 0. The van der Waals surface area contributed by atoms with E-state index < -0.39 is 0 Å². The minimum Gasteiger partial charge on any atom is -0.393 e. The summed E-state index contributed by atoms with van der Waals surface area (Å²) in [5.41, 5.74) is 0. The lowest BCUT2D eigenvalue weighted by Crippen LogP contribution is -2.37. The van der Waals surface area contributed by atoms with E-state index in [2.05, 4.69) is 24.1 Å². The van der Waals surface area contributed by atoms with E-state index >= 15 is 0 Å². The van der Waals surface area contributed by atoms with Crippen LogP contribution in [0.3, 0.4) is 0 Å². The highest BCUT2D eigenvalue weighted by atomic mass is 16.3. The second-order valence-electron chi connectivity index (χ2n) is 5.82. The zero-order valence-electron chi connectivity index (χ0n) is 10.7. The predicted octanol–water partition coefficient (Wildman–Crippen LogP) is 1.22. The van der Waals surface area contributed by atoms with E-state index in [4.69, 9.17) is 0 Å². The summed E-state index contributed by atoms with van der Waals surface area (Å²) in [4.78, 5) is 2.54. The summed E-state index contributed by atoms with van der Waals surface area (Å²) in [6, 6.07) is 1.36. The van der Waals surface area contributed by atoms with E-state index in [-0.39, 0.29) is 6.10 Å². The Morgan fingerprint density at radius 3 is 2.69 bits per heavy atom. The fourth-order valence-corrected chi connectivity index (χ4v) is 2.99. The summed E-state index contributed by atoms with van der Waals surface area (Å²) in [5, 5.41) is 13.1. The molecule has 0 aromatic heterocycles. The van der Waals surface area contributed by atoms with Crippen LogP contribution in [0, 0.1) is 5.92 Å². The Morgan fingerprint density at radius 1 is 1.31 bits per heavy atom. The molecule has 2 aliphatic rings. The first-order chi connectivity index (χ1) is 7.65. The van der Waals surface area contributed by atoms with Gasteiger partial charge in [-0.2, -0.15) is 0 Å². The Kier molecular flexibility index (Phi) is 4.22. The molecule has 16 heavy (non-hydrogen) atoms. The summed E-state index contributed by atoms with van der Waals surface area (Å²) in [6.45, 7) is 8.09. The second kappa shape index (κ2) is 5.48. The van der Waals surface area contributed by atoms with Crippen molar-refractivity contribution in [2.45, 2.75) is 57.7 Å². The number of hydrogen-bond donors (Lipinski definition) is 2. The lowest BCUT2D eigenvalue weighted by molar-refractivity contribution is 0.177. The minimum atomic E-state index is -0.0254. The van der Waals surface area contributed by atoms with Crippen molar-refractivity contribution in [2.24, 2.45) is 5.92 Å². The van der Waals surface area contributed by atoms with E-state index in [1.165, 1.54) is 25.9 Å². The van der Waals surface area contributed by atoms with E-state index in [0.29, 0.717) is 18.0 Å². The SMILES string of the molecule is CC(C)N1CCC(NCC2CCC(O)C2)C1. The van der Waals surface area contributed by atoms with E-state index in [0.717, 1.165) is 19.4 Å². The first kappa shape index (κ1) is 12.3. The van der Waals surface area contributed by atoms with E-state index in [9.17, 15) is 5.11 Å². The van der Waals surface area contributed by atoms with Crippen LogP contribution in [-0.2, 0) is 0 Å². The quantitative estimate of drug-likeness (QED) is 0.756. The highest BCUT2D eigenvalue weighted by Gasteiger charge is 2.26. The predicted molar refractivity (Wildman–Crippen MR) is 66.5 cm³/mol. The van der Waals surface area contributed by atoms with Gasteiger partial charge in [-0.05, 0) is 58.5 Å². The summed E-state index contributed by atoms with van der Waals surface area (Å²) in [7, 11) is 0. The van der Waals surface area contributed by atoms with Crippen molar-refractivity contribution in [1.82, 2.24) is 10.2 Å². The van der Waals surface area contributed by atoms with Gasteiger partial charge < -0.3 is 10.4 Å². The van der Waals surface area contributed by atoms with Gasteiger partial charge in [0.05, 0.1) is 6.10 Å². The molecule has 3 nitrogen and oxygen atoms in total. The molecule has 0 spiro atoms. The Hall–Kier alpha value is -0.120. The van der Waals surface area contributed by atoms with Crippen molar-refractivity contribution in [3.63, 3.8) is 0 Å². The largest absolute Gasteiger partial charge is 0.393 e. The molecule has 2 N–H and O–H groups in total. The van der Waals surface area contributed by atoms with Crippen LogP contribution >= 0.6 is 0 Å². The molecule has 94 valence electrons. The van der Waals surface area contributed by atoms with Gasteiger partial charge in [0.2, 0.25) is 0 Å². The fourth-order valence-electron chi connectivity index (χ4n) is 2.99. The number of likely N-dealkylation sites (tertiary alicyclic amines) is 1. The van der Waals surface area contributed by atoms with Crippen LogP contribution < -0.4 is 5.32 Å². The van der Waals surface area contributed by atoms with Gasteiger partial charge in [0, 0.05) is 18.6 Å². The molecular formula is C13H26N2O. The third kappa shape index (κ3) is 3.19. The number of nitrogens with one attached hydrogen (secondary N) is 1. The topological polar surface area (TPSA) is 35.5 Å². The molecule has 1 aliphatic heterocycles. The maximum absolute atomic E-state index is 9.47.